The molecule has 0 saturated carbocycles. The first-order chi connectivity index (χ1) is 22.5. The molecule has 0 unspecified atom stereocenters. The number of aliphatic carboxylic acids is 1. The monoisotopic (exact) mass is 615 g/mol. The van der Waals surface area contributed by atoms with Crippen molar-refractivity contribution >= 4 is 28.3 Å². The van der Waals surface area contributed by atoms with E-state index in [1.807, 2.05) is 0 Å². The fourth-order valence-corrected chi connectivity index (χ4v) is 7.00. The number of aryl methyl sites for hydroxylation is 1. The van der Waals surface area contributed by atoms with Crippen molar-refractivity contribution in [2.24, 2.45) is 0 Å². The highest BCUT2D eigenvalue weighted by molar-refractivity contribution is 6.02. The first-order valence-electron chi connectivity index (χ1n) is 16.7. The summed E-state index contributed by atoms with van der Waals surface area (Å²) >= 11 is 0. The van der Waals surface area contributed by atoms with Crippen LogP contribution in [0.5, 0.6) is 5.75 Å². The van der Waals surface area contributed by atoms with Crippen LogP contribution in [0.15, 0.2) is 83.3 Å². The van der Waals surface area contributed by atoms with Crippen molar-refractivity contribution in [1.29, 1.82) is 0 Å². The second-order valence-corrected chi connectivity index (χ2v) is 12.7. The Morgan fingerprint density at radius 1 is 0.870 bits per heavy atom. The molecular weight excluding hydrogens is 574 g/mol. The number of piperidine rings is 2. The van der Waals surface area contributed by atoms with Crippen molar-refractivity contribution in [2.45, 2.75) is 57.9 Å². The van der Waals surface area contributed by atoms with Gasteiger partial charge < -0.3 is 29.6 Å². The molecule has 2 N–H and O–H groups in total. The van der Waals surface area contributed by atoms with Gasteiger partial charge in [0.05, 0.1) is 6.07 Å². The van der Waals surface area contributed by atoms with Gasteiger partial charge in [0.15, 0.2) is 0 Å². The largest absolute Gasteiger partial charge is 0.550 e. The van der Waals surface area contributed by atoms with E-state index < -0.39 is 5.97 Å². The summed E-state index contributed by atoms with van der Waals surface area (Å²) in [4.78, 5) is 13.4. The van der Waals surface area contributed by atoms with E-state index in [-0.39, 0.29) is 18.6 Å². The molecule has 4 aliphatic rings. The Morgan fingerprint density at radius 2 is 1.65 bits per heavy atom. The van der Waals surface area contributed by atoms with Crippen LogP contribution in [-0.4, -0.2) is 37.3 Å². The molecule has 0 spiro atoms. The number of carboxylic acids is 1. The van der Waals surface area contributed by atoms with Gasteiger partial charge in [0, 0.05) is 78.5 Å². The number of phenolic OH excluding ortho intramolecular Hbond substituents is 1. The van der Waals surface area contributed by atoms with Crippen LogP contribution in [0.25, 0.3) is 33.4 Å². The fourth-order valence-electron chi connectivity index (χ4n) is 7.00. The van der Waals surface area contributed by atoms with E-state index in [1.165, 1.54) is 55.1 Å². The number of anilines is 2. The lowest BCUT2D eigenvalue weighted by atomic mass is 9.93. The van der Waals surface area contributed by atoms with Crippen molar-refractivity contribution in [3.8, 4) is 28.2 Å². The summed E-state index contributed by atoms with van der Waals surface area (Å²) < 4.78 is 9.19. The smallest absolute Gasteiger partial charge is 0.203 e. The van der Waals surface area contributed by atoms with Crippen molar-refractivity contribution in [2.75, 3.05) is 36.4 Å². The average molecular weight is 616 g/mol. The minimum atomic E-state index is -1.13. The number of benzene rings is 4. The highest BCUT2D eigenvalue weighted by atomic mass is 16.4. The third kappa shape index (κ3) is 6.45. The summed E-state index contributed by atoms with van der Waals surface area (Å²) in [6.45, 7) is 4.95. The molecule has 2 fully saturated rings. The molecule has 1 aliphatic carbocycles. The maximum Gasteiger partial charge on any atom is 0.203 e. The predicted octanol–water partition coefficient (Wildman–Crippen LogP) is 6.15. The number of hydrogen-bond donors (Lipinski definition) is 2. The van der Waals surface area contributed by atoms with Gasteiger partial charge in [0.1, 0.15) is 30.2 Å². The van der Waals surface area contributed by atoms with E-state index in [1.54, 1.807) is 18.2 Å². The number of carbonyl (C=O) groups excluding carboxylic acids is 1. The number of carboxylic acid groups (broad SMARTS) is 1. The lowest BCUT2D eigenvalue weighted by Gasteiger charge is -2.29. The predicted molar refractivity (Wildman–Crippen MR) is 182 cm³/mol. The van der Waals surface area contributed by atoms with Gasteiger partial charge in [0.2, 0.25) is 5.36 Å². The summed E-state index contributed by atoms with van der Waals surface area (Å²) in [5.74, 6) is -0.124. The molecule has 236 valence electrons. The van der Waals surface area contributed by atoms with Crippen molar-refractivity contribution in [1.82, 2.24) is 4.58 Å². The maximum atomic E-state index is 10.9. The number of nitrogens with one attached hydrogen (secondary N) is 1. The number of hydrogen-bond acceptors (Lipinski definition) is 6. The first kappa shape index (κ1) is 29.9. The van der Waals surface area contributed by atoms with Gasteiger partial charge in [-0.3, -0.25) is 0 Å². The Hall–Kier alpha value is -4.78. The van der Waals surface area contributed by atoms with Crippen molar-refractivity contribution < 1.29 is 19.4 Å². The Bertz CT molecular complexity index is 1900. The molecule has 0 radical (unpaired) electrons. The highest BCUT2D eigenvalue weighted by Crippen LogP contribution is 2.41. The van der Waals surface area contributed by atoms with E-state index in [0.29, 0.717) is 12.1 Å². The molecule has 3 heterocycles. The molecule has 0 atom stereocenters. The zero-order valence-electron chi connectivity index (χ0n) is 26.3. The van der Waals surface area contributed by atoms with E-state index in [0.717, 1.165) is 65.3 Å². The summed E-state index contributed by atoms with van der Waals surface area (Å²) in [5, 5.41) is 26.8. The number of nitrogens with zero attached hydrogens (tertiary/aromatic N) is 2. The van der Waals surface area contributed by atoms with Crippen LogP contribution in [0.3, 0.4) is 0 Å². The first-order valence-corrected chi connectivity index (χ1v) is 16.7. The van der Waals surface area contributed by atoms with Crippen LogP contribution in [0.2, 0.25) is 0 Å². The highest BCUT2D eigenvalue weighted by Gasteiger charge is 2.21. The number of carbonyl (C=O) groups is 1. The molecular formula is C39H41N3O4. The normalized spacial score (nSPS) is 15.4. The van der Waals surface area contributed by atoms with Crippen LogP contribution < -0.4 is 25.3 Å². The van der Waals surface area contributed by atoms with E-state index in [4.69, 9.17) is 4.42 Å². The molecule has 7 heteroatoms. The number of fused-ring (bicyclic) bond motifs is 2. The van der Waals surface area contributed by atoms with Crippen LogP contribution in [-0.2, 0) is 17.8 Å². The standard InChI is InChI=1S/C39H41N3O4/c43-35-17-12-30(23-29(35)11-18-38(44)45)40-26-27-7-9-28(10-8-27)39-33-15-13-31(41-19-3-1-4-20-41)24-36(33)46-37-25-32(14-16-34(37)39)42-21-5-2-6-22-42/h7-10,12-17,23-25,40H,1-6,11,18-22,26H2,(H-,43,44,45). The van der Waals surface area contributed by atoms with Gasteiger partial charge in [0.25, 0.3) is 0 Å². The SMILES string of the molecule is O=C([O-])CCc1cc(NCc2ccc(-c3c4ccc(=[N+]5CCCCC5)cc-4oc4cc(N5CCCCC5)ccc34)cc2)ccc1O. The van der Waals surface area contributed by atoms with Crippen LogP contribution in [0, 0.1) is 0 Å². The minimum Gasteiger partial charge on any atom is -0.550 e. The van der Waals surface area contributed by atoms with Crippen molar-refractivity contribution in [3.63, 3.8) is 0 Å². The Morgan fingerprint density at radius 3 is 2.43 bits per heavy atom. The number of rotatable bonds is 8. The number of aromatic hydroxyl groups is 1. The fraction of sp³-hybridized carbons (Fsp3) is 0.333. The van der Waals surface area contributed by atoms with Gasteiger partial charge in [-0.2, -0.15) is 0 Å². The molecule has 2 saturated heterocycles. The molecule has 0 aromatic heterocycles. The van der Waals surface area contributed by atoms with E-state index in [9.17, 15) is 15.0 Å². The van der Waals surface area contributed by atoms with Crippen LogP contribution in [0.4, 0.5) is 11.4 Å². The van der Waals surface area contributed by atoms with Crippen LogP contribution in [0.1, 0.15) is 56.1 Å². The molecule has 3 aliphatic heterocycles. The summed E-state index contributed by atoms with van der Waals surface area (Å²) in [7, 11) is 0. The Balaban J connectivity index is 1.22. The molecule has 0 amide bonds. The second-order valence-electron chi connectivity index (χ2n) is 12.7. The summed E-state index contributed by atoms with van der Waals surface area (Å²) in [6.07, 6.45) is 7.62. The summed E-state index contributed by atoms with van der Waals surface area (Å²) in [6, 6.07) is 27.3. The summed E-state index contributed by atoms with van der Waals surface area (Å²) in [5.41, 5.74) is 8.10. The molecule has 3 aromatic rings. The lowest BCUT2D eigenvalue weighted by molar-refractivity contribution is -0.305. The minimum absolute atomic E-state index is 0.0938. The lowest BCUT2D eigenvalue weighted by Crippen LogP contribution is -2.34. The van der Waals surface area contributed by atoms with Gasteiger partial charge in [-0.05, 0) is 91.6 Å². The van der Waals surface area contributed by atoms with Gasteiger partial charge in [-0.25, -0.2) is 4.58 Å². The molecule has 7 nitrogen and oxygen atoms in total. The zero-order valence-corrected chi connectivity index (χ0v) is 26.3. The Kier molecular flexibility index (Phi) is 8.64. The van der Waals surface area contributed by atoms with E-state index >= 15 is 0 Å². The zero-order chi connectivity index (χ0) is 31.5. The van der Waals surface area contributed by atoms with Gasteiger partial charge in [-0.1, -0.05) is 24.3 Å². The molecule has 3 aromatic carbocycles. The maximum absolute atomic E-state index is 10.9. The number of phenols is 1. The molecule has 0 bridgehead atoms. The second kappa shape index (κ2) is 13.3. The third-order valence-corrected chi connectivity index (χ3v) is 9.55. The molecule has 46 heavy (non-hydrogen) atoms. The Labute approximate surface area is 269 Å². The van der Waals surface area contributed by atoms with Crippen molar-refractivity contribution in [3.05, 3.63) is 95.3 Å². The van der Waals surface area contributed by atoms with Gasteiger partial charge in [-0.15, -0.1) is 0 Å². The quantitative estimate of drug-likeness (QED) is 0.124. The van der Waals surface area contributed by atoms with E-state index in [2.05, 4.69) is 75.5 Å². The average Bonchev–Trinajstić information content (AvgIpc) is 3.10. The topological polar surface area (TPSA) is 91.8 Å². The van der Waals surface area contributed by atoms with Crippen LogP contribution >= 0.6 is 0 Å². The molecule has 7 rings (SSSR count). The third-order valence-electron chi connectivity index (χ3n) is 9.55. The van der Waals surface area contributed by atoms with Gasteiger partial charge >= 0.3 is 0 Å².